The van der Waals surface area contributed by atoms with E-state index in [4.69, 9.17) is 0 Å². The molecular formula is C15H23NO. The summed E-state index contributed by atoms with van der Waals surface area (Å²) >= 11 is 0. The van der Waals surface area contributed by atoms with E-state index >= 15 is 0 Å². The average Bonchev–Trinajstić information content (AvgIpc) is 2.37. The molecule has 0 aliphatic rings. The van der Waals surface area contributed by atoms with Crippen LogP contribution in [-0.2, 0) is 0 Å². The number of hydrogen-bond donors (Lipinski definition) is 0. The number of carbonyl (C=O) groups is 1. The van der Waals surface area contributed by atoms with Crippen molar-refractivity contribution in [1.29, 1.82) is 0 Å². The first kappa shape index (κ1) is 13.8. The molecule has 0 radical (unpaired) electrons. The Morgan fingerprint density at radius 2 is 1.82 bits per heavy atom. The molecule has 1 rings (SSSR count). The standard InChI is InChI=1S/C15H23NO/c1-5-12(3)11-16(4)14-9-7-13(8-10-14)15(17)6-2/h7-10,12H,5-6,11H2,1-4H3. The van der Waals surface area contributed by atoms with Gasteiger partial charge in [-0.25, -0.2) is 0 Å². The Balaban J connectivity index is 2.70. The van der Waals surface area contributed by atoms with Crippen LogP contribution in [-0.4, -0.2) is 19.4 Å². The minimum absolute atomic E-state index is 0.209. The van der Waals surface area contributed by atoms with Gasteiger partial charge in [-0.05, 0) is 30.2 Å². The van der Waals surface area contributed by atoms with Crippen molar-refractivity contribution in [3.63, 3.8) is 0 Å². The first-order chi connectivity index (χ1) is 8.08. The van der Waals surface area contributed by atoms with Crippen molar-refractivity contribution in [2.24, 2.45) is 5.92 Å². The Bertz CT molecular complexity index is 356. The second-order valence-electron chi connectivity index (χ2n) is 4.72. The zero-order chi connectivity index (χ0) is 12.8. The first-order valence-corrected chi connectivity index (χ1v) is 6.42. The van der Waals surface area contributed by atoms with Crippen molar-refractivity contribution in [2.75, 3.05) is 18.5 Å². The maximum absolute atomic E-state index is 11.5. The van der Waals surface area contributed by atoms with Crippen molar-refractivity contribution in [3.05, 3.63) is 29.8 Å². The second-order valence-corrected chi connectivity index (χ2v) is 4.72. The topological polar surface area (TPSA) is 20.3 Å². The molecule has 0 saturated carbocycles. The molecule has 0 heterocycles. The Hall–Kier alpha value is -1.31. The molecule has 0 aliphatic heterocycles. The summed E-state index contributed by atoms with van der Waals surface area (Å²) in [6.07, 6.45) is 1.76. The predicted octanol–water partition coefficient (Wildman–Crippen LogP) is 3.76. The van der Waals surface area contributed by atoms with Crippen LogP contribution in [0.2, 0.25) is 0 Å². The van der Waals surface area contributed by atoms with Crippen molar-refractivity contribution >= 4 is 11.5 Å². The number of Topliss-reactive ketones (excluding diaryl/α,β-unsaturated/α-hetero) is 1. The van der Waals surface area contributed by atoms with E-state index in [0.29, 0.717) is 12.3 Å². The van der Waals surface area contributed by atoms with Crippen molar-refractivity contribution in [1.82, 2.24) is 0 Å². The van der Waals surface area contributed by atoms with E-state index in [1.54, 1.807) is 0 Å². The first-order valence-electron chi connectivity index (χ1n) is 6.42. The number of nitrogens with zero attached hydrogens (tertiary/aromatic N) is 1. The Morgan fingerprint density at radius 1 is 1.24 bits per heavy atom. The van der Waals surface area contributed by atoms with Crippen LogP contribution in [0.15, 0.2) is 24.3 Å². The highest BCUT2D eigenvalue weighted by Crippen LogP contribution is 2.16. The van der Waals surface area contributed by atoms with Crippen LogP contribution in [0.3, 0.4) is 0 Å². The third-order valence-corrected chi connectivity index (χ3v) is 3.23. The molecule has 0 fully saturated rings. The van der Waals surface area contributed by atoms with E-state index in [2.05, 4.69) is 25.8 Å². The minimum atomic E-state index is 0.209. The minimum Gasteiger partial charge on any atom is -0.374 e. The summed E-state index contributed by atoms with van der Waals surface area (Å²) in [4.78, 5) is 13.7. The van der Waals surface area contributed by atoms with Gasteiger partial charge >= 0.3 is 0 Å². The molecule has 1 aromatic carbocycles. The largest absolute Gasteiger partial charge is 0.374 e. The lowest BCUT2D eigenvalue weighted by atomic mass is 10.1. The highest BCUT2D eigenvalue weighted by atomic mass is 16.1. The number of ketones is 1. The van der Waals surface area contributed by atoms with Gasteiger partial charge in [0.25, 0.3) is 0 Å². The maximum Gasteiger partial charge on any atom is 0.162 e. The molecule has 17 heavy (non-hydrogen) atoms. The molecule has 2 nitrogen and oxygen atoms in total. The van der Waals surface area contributed by atoms with Gasteiger partial charge in [0.1, 0.15) is 0 Å². The fourth-order valence-corrected chi connectivity index (χ4v) is 1.81. The van der Waals surface area contributed by atoms with Crippen molar-refractivity contribution in [3.8, 4) is 0 Å². The lowest BCUT2D eigenvalue weighted by molar-refractivity contribution is 0.0988. The molecular weight excluding hydrogens is 210 g/mol. The fourth-order valence-electron chi connectivity index (χ4n) is 1.81. The maximum atomic E-state index is 11.5. The molecule has 0 saturated heterocycles. The van der Waals surface area contributed by atoms with Crippen LogP contribution in [0.4, 0.5) is 5.69 Å². The lowest BCUT2D eigenvalue weighted by Gasteiger charge is -2.22. The summed E-state index contributed by atoms with van der Waals surface area (Å²) in [7, 11) is 2.10. The van der Waals surface area contributed by atoms with Crippen molar-refractivity contribution < 1.29 is 4.79 Å². The van der Waals surface area contributed by atoms with E-state index in [-0.39, 0.29) is 5.78 Å². The van der Waals surface area contributed by atoms with E-state index in [1.807, 2.05) is 31.2 Å². The second kappa shape index (κ2) is 6.43. The molecule has 0 N–H and O–H groups in total. The highest BCUT2D eigenvalue weighted by molar-refractivity contribution is 5.96. The van der Waals surface area contributed by atoms with Crippen LogP contribution in [0.25, 0.3) is 0 Å². The van der Waals surface area contributed by atoms with Crippen LogP contribution in [0.1, 0.15) is 44.0 Å². The molecule has 2 heteroatoms. The summed E-state index contributed by atoms with van der Waals surface area (Å²) in [5.41, 5.74) is 1.99. The SMILES string of the molecule is CCC(=O)c1ccc(N(C)CC(C)CC)cc1. The Kier molecular flexibility index (Phi) is 5.20. The van der Waals surface area contributed by atoms with Gasteiger partial charge in [0.15, 0.2) is 5.78 Å². The van der Waals surface area contributed by atoms with Crippen molar-refractivity contribution in [2.45, 2.75) is 33.6 Å². The molecule has 0 bridgehead atoms. The van der Waals surface area contributed by atoms with Crippen LogP contribution in [0.5, 0.6) is 0 Å². The molecule has 1 atom stereocenters. The number of anilines is 1. The third-order valence-electron chi connectivity index (χ3n) is 3.23. The van der Waals surface area contributed by atoms with Gasteiger partial charge in [-0.1, -0.05) is 27.2 Å². The average molecular weight is 233 g/mol. The zero-order valence-electron chi connectivity index (χ0n) is 11.4. The molecule has 0 aliphatic carbocycles. The molecule has 0 spiro atoms. The molecule has 1 unspecified atom stereocenters. The quantitative estimate of drug-likeness (QED) is 0.697. The van der Waals surface area contributed by atoms with Gasteiger partial charge in [-0.2, -0.15) is 0 Å². The highest BCUT2D eigenvalue weighted by Gasteiger charge is 2.07. The molecule has 1 aromatic rings. The molecule has 0 amide bonds. The van der Waals surface area contributed by atoms with E-state index in [9.17, 15) is 4.79 Å². The number of hydrogen-bond acceptors (Lipinski definition) is 2. The van der Waals surface area contributed by atoms with E-state index in [0.717, 1.165) is 12.1 Å². The zero-order valence-corrected chi connectivity index (χ0v) is 11.4. The monoisotopic (exact) mass is 233 g/mol. The summed E-state index contributed by atoms with van der Waals surface area (Å²) in [6.45, 7) is 7.41. The van der Waals surface area contributed by atoms with Gasteiger partial charge in [-0.3, -0.25) is 4.79 Å². The summed E-state index contributed by atoms with van der Waals surface area (Å²) in [5, 5.41) is 0. The fraction of sp³-hybridized carbons (Fsp3) is 0.533. The van der Waals surface area contributed by atoms with Gasteiger partial charge in [-0.15, -0.1) is 0 Å². The smallest absolute Gasteiger partial charge is 0.162 e. The van der Waals surface area contributed by atoms with Gasteiger partial charge < -0.3 is 4.90 Å². The van der Waals surface area contributed by atoms with Crippen LogP contribution in [0, 0.1) is 5.92 Å². The Labute approximate surface area is 105 Å². The number of rotatable bonds is 6. The van der Waals surface area contributed by atoms with Gasteiger partial charge in [0.05, 0.1) is 0 Å². The number of carbonyl (C=O) groups excluding carboxylic acids is 1. The predicted molar refractivity (Wildman–Crippen MR) is 73.8 cm³/mol. The van der Waals surface area contributed by atoms with Crippen LogP contribution < -0.4 is 4.90 Å². The Morgan fingerprint density at radius 3 is 2.29 bits per heavy atom. The van der Waals surface area contributed by atoms with Crippen LogP contribution >= 0.6 is 0 Å². The summed E-state index contributed by atoms with van der Waals surface area (Å²) < 4.78 is 0. The summed E-state index contributed by atoms with van der Waals surface area (Å²) in [5.74, 6) is 0.901. The van der Waals surface area contributed by atoms with E-state index in [1.165, 1.54) is 12.1 Å². The lowest BCUT2D eigenvalue weighted by Crippen LogP contribution is -2.23. The number of benzene rings is 1. The molecule has 94 valence electrons. The summed E-state index contributed by atoms with van der Waals surface area (Å²) in [6, 6.07) is 7.92. The van der Waals surface area contributed by atoms with Gasteiger partial charge in [0.2, 0.25) is 0 Å². The third kappa shape index (κ3) is 3.88. The van der Waals surface area contributed by atoms with Gasteiger partial charge in [0, 0.05) is 31.3 Å². The van der Waals surface area contributed by atoms with E-state index < -0.39 is 0 Å². The molecule has 0 aromatic heterocycles. The normalized spacial score (nSPS) is 12.2.